The second-order valence-electron chi connectivity index (χ2n) is 8.89. The fourth-order valence-corrected chi connectivity index (χ4v) is 4.92. The lowest BCUT2D eigenvalue weighted by molar-refractivity contribution is 0.400. The van der Waals surface area contributed by atoms with E-state index in [9.17, 15) is 0 Å². The molecule has 126 valence electrons. The average Bonchev–Trinajstić information content (AvgIpc) is 3.41. The maximum absolute atomic E-state index is 6.23. The Hall–Kier alpha value is -1.44. The Morgan fingerprint density at radius 2 is 1.21 bits per heavy atom. The third-order valence-electron chi connectivity index (χ3n) is 7.01. The summed E-state index contributed by atoms with van der Waals surface area (Å²) in [6.07, 6.45) is 8.49. The molecule has 2 aromatic rings. The van der Waals surface area contributed by atoms with Crippen LogP contribution in [-0.4, -0.2) is 0 Å². The van der Waals surface area contributed by atoms with Gasteiger partial charge in [-0.2, -0.15) is 0 Å². The molecule has 0 N–H and O–H groups in total. The Morgan fingerprint density at radius 3 is 1.62 bits per heavy atom. The highest BCUT2D eigenvalue weighted by Gasteiger charge is 2.50. The second-order valence-corrected chi connectivity index (χ2v) is 8.89. The van der Waals surface area contributed by atoms with Crippen LogP contribution in [0.4, 0.5) is 0 Å². The van der Waals surface area contributed by atoms with Crippen LogP contribution in [0.3, 0.4) is 0 Å². The average molecular weight is 322 g/mol. The molecular formula is C22H26O2. The van der Waals surface area contributed by atoms with Gasteiger partial charge in [0.05, 0.1) is 5.92 Å². The van der Waals surface area contributed by atoms with Crippen molar-refractivity contribution in [1.82, 2.24) is 0 Å². The van der Waals surface area contributed by atoms with Gasteiger partial charge in [-0.25, -0.2) is 0 Å². The van der Waals surface area contributed by atoms with Gasteiger partial charge in [0.1, 0.15) is 23.0 Å². The van der Waals surface area contributed by atoms with Crippen LogP contribution in [-0.2, 0) is 0 Å². The van der Waals surface area contributed by atoms with Crippen molar-refractivity contribution in [3.63, 3.8) is 0 Å². The molecule has 0 aromatic carbocycles. The Bertz CT molecular complexity index is 696. The minimum atomic E-state index is 0.226. The van der Waals surface area contributed by atoms with Gasteiger partial charge >= 0.3 is 0 Å². The number of furan rings is 2. The molecule has 2 heterocycles. The van der Waals surface area contributed by atoms with Gasteiger partial charge in [-0.15, -0.1) is 0 Å². The summed E-state index contributed by atoms with van der Waals surface area (Å²) in [4.78, 5) is 0. The number of rotatable bonds is 6. The quantitative estimate of drug-likeness (QED) is 0.647. The van der Waals surface area contributed by atoms with E-state index in [0.717, 1.165) is 35.2 Å². The van der Waals surface area contributed by atoms with Crippen LogP contribution in [0.5, 0.6) is 0 Å². The van der Waals surface area contributed by atoms with E-state index < -0.39 is 0 Å². The minimum Gasteiger partial charge on any atom is -0.465 e. The van der Waals surface area contributed by atoms with Gasteiger partial charge in [0.2, 0.25) is 0 Å². The molecule has 0 aliphatic heterocycles. The zero-order chi connectivity index (χ0) is 15.8. The predicted octanol–water partition coefficient (Wildman–Crippen LogP) is 6.05. The van der Waals surface area contributed by atoms with E-state index in [1.807, 2.05) is 0 Å². The van der Waals surface area contributed by atoms with Crippen molar-refractivity contribution >= 4 is 0 Å². The molecule has 6 rings (SSSR count). The lowest BCUT2D eigenvalue weighted by Crippen LogP contribution is -1.92. The third-order valence-corrected chi connectivity index (χ3v) is 7.01. The van der Waals surface area contributed by atoms with E-state index >= 15 is 0 Å². The van der Waals surface area contributed by atoms with Gasteiger partial charge in [-0.05, 0) is 93.4 Å². The van der Waals surface area contributed by atoms with Crippen LogP contribution in [0.15, 0.2) is 33.1 Å². The van der Waals surface area contributed by atoms with Gasteiger partial charge in [0.25, 0.3) is 0 Å². The molecule has 4 aliphatic rings. The Morgan fingerprint density at radius 1 is 0.750 bits per heavy atom. The largest absolute Gasteiger partial charge is 0.465 e. The molecule has 4 fully saturated rings. The van der Waals surface area contributed by atoms with Crippen molar-refractivity contribution in [1.29, 1.82) is 0 Å². The lowest BCUT2D eigenvalue weighted by atomic mass is 10.1. The fourth-order valence-electron chi connectivity index (χ4n) is 4.92. The Balaban J connectivity index is 1.16. The summed E-state index contributed by atoms with van der Waals surface area (Å²) < 4.78 is 12.5. The molecule has 0 spiro atoms. The first-order valence-corrected chi connectivity index (χ1v) is 9.97. The second kappa shape index (κ2) is 4.80. The molecule has 4 atom stereocenters. The van der Waals surface area contributed by atoms with Gasteiger partial charge in [-0.3, -0.25) is 0 Å². The summed E-state index contributed by atoms with van der Waals surface area (Å²) in [6, 6.07) is 8.78. The molecule has 0 amide bonds. The van der Waals surface area contributed by atoms with Crippen LogP contribution < -0.4 is 0 Å². The van der Waals surface area contributed by atoms with Gasteiger partial charge in [-0.1, -0.05) is 0 Å². The van der Waals surface area contributed by atoms with E-state index in [1.54, 1.807) is 0 Å². The van der Waals surface area contributed by atoms with Crippen molar-refractivity contribution in [2.45, 2.75) is 63.2 Å². The lowest BCUT2D eigenvalue weighted by Gasteiger charge is -2.05. The van der Waals surface area contributed by atoms with Crippen molar-refractivity contribution in [2.24, 2.45) is 23.7 Å². The van der Waals surface area contributed by atoms with Gasteiger partial charge in [0.15, 0.2) is 0 Å². The van der Waals surface area contributed by atoms with Crippen LogP contribution in [0.25, 0.3) is 0 Å². The van der Waals surface area contributed by atoms with Crippen LogP contribution >= 0.6 is 0 Å². The third kappa shape index (κ3) is 2.29. The maximum Gasteiger partial charge on any atom is 0.114 e. The molecule has 0 radical (unpaired) electrons. The standard InChI is InChI=1S/C22H26O2/c1-12(19-6-8-21(23-19)17-10-15(17)13-2-3-13)20-7-9-22(24-20)18-11-16(18)14-4-5-14/h6-9,12-18H,2-5,10-11H2,1H3/t15-,16-,17+,18+/m1/s1. The SMILES string of the molecule is CC(c1ccc([C@H]2C[C@@H]2C2CC2)o1)c1ccc([C@H]2C[C@@H]2C2CC2)o1. The highest BCUT2D eigenvalue weighted by Crippen LogP contribution is 2.60. The molecule has 2 heteroatoms. The zero-order valence-electron chi connectivity index (χ0n) is 14.4. The highest BCUT2D eigenvalue weighted by molar-refractivity contribution is 5.27. The van der Waals surface area contributed by atoms with Crippen molar-refractivity contribution < 1.29 is 8.83 Å². The topological polar surface area (TPSA) is 26.3 Å². The monoisotopic (exact) mass is 322 g/mol. The van der Waals surface area contributed by atoms with Crippen molar-refractivity contribution in [3.05, 3.63) is 47.3 Å². The molecule has 4 aliphatic carbocycles. The number of hydrogen-bond acceptors (Lipinski definition) is 2. The van der Waals surface area contributed by atoms with Crippen LogP contribution in [0, 0.1) is 23.7 Å². The summed E-state index contributed by atoms with van der Waals surface area (Å²) in [5.41, 5.74) is 0. The van der Waals surface area contributed by atoms with E-state index in [0.29, 0.717) is 11.8 Å². The van der Waals surface area contributed by atoms with Gasteiger partial charge in [0, 0.05) is 11.8 Å². The molecule has 4 saturated carbocycles. The van der Waals surface area contributed by atoms with E-state index in [-0.39, 0.29) is 5.92 Å². The minimum absolute atomic E-state index is 0.226. The molecule has 0 bridgehead atoms. The maximum atomic E-state index is 6.23. The molecule has 2 nitrogen and oxygen atoms in total. The first kappa shape index (κ1) is 13.8. The highest BCUT2D eigenvalue weighted by atomic mass is 16.4. The molecular weight excluding hydrogens is 296 g/mol. The molecule has 0 unspecified atom stereocenters. The van der Waals surface area contributed by atoms with Crippen LogP contribution in [0.2, 0.25) is 0 Å². The summed E-state index contributed by atoms with van der Waals surface area (Å²) in [7, 11) is 0. The van der Waals surface area contributed by atoms with Gasteiger partial charge < -0.3 is 8.83 Å². The molecule has 2 aromatic heterocycles. The first-order chi connectivity index (χ1) is 11.8. The molecule has 24 heavy (non-hydrogen) atoms. The van der Waals surface area contributed by atoms with E-state index in [2.05, 4.69) is 31.2 Å². The van der Waals surface area contributed by atoms with E-state index in [4.69, 9.17) is 8.83 Å². The fraction of sp³-hybridized carbons (Fsp3) is 0.636. The Labute approximate surface area is 143 Å². The van der Waals surface area contributed by atoms with Crippen LogP contribution in [0.1, 0.15) is 86.2 Å². The smallest absolute Gasteiger partial charge is 0.114 e. The normalized spacial score (nSPS) is 34.8. The van der Waals surface area contributed by atoms with E-state index in [1.165, 1.54) is 50.0 Å². The van der Waals surface area contributed by atoms with Crippen molar-refractivity contribution in [2.75, 3.05) is 0 Å². The molecule has 0 saturated heterocycles. The zero-order valence-corrected chi connectivity index (χ0v) is 14.4. The first-order valence-electron chi connectivity index (χ1n) is 9.97. The summed E-state index contributed by atoms with van der Waals surface area (Å²) in [5.74, 6) is 10.1. The van der Waals surface area contributed by atoms with Crippen molar-refractivity contribution in [3.8, 4) is 0 Å². The summed E-state index contributed by atoms with van der Waals surface area (Å²) in [5, 5.41) is 0. The summed E-state index contributed by atoms with van der Waals surface area (Å²) >= 11 is 0. The Kier molecular flexibility index (Phi) is 2.76. The number of hydrogen-bond donors (Lipinski definition) is 0. The summed E-state index contributed by atoms with van der Waals surface area (Å²) in [6.45, 7) is 2.21. The predicted molar refractivity (Wildman–Crippen MR) is 92.1 cm³/mol.